The van der Waals surface area contributed by atoms with Gasteiger partial charge in [-0.1, -0.05) is 48.3 Å². The Morgan fingerprint density at radius 1 is 1.28 bits per heavy atom. The largest absolute Gasteiger partial charge is 0.493 e. The molecule has 3 rings (SSSR count). The molecule has 2 amide bonds. The molecule has 1 aliphatic heterocycles. The summed E-state index contributed by atoms with van der Waals surface area (Å²) in [7, 11) is 3.10. The van der Waals surface area contributed by atoms with Crippen molar-refractivity contribution < 1.29 is 19.1 Å². The number of amides is 2. The number of aryl methyl sites for hydroxylation is 1. The summed E-state index contributed by atoms with van der Waals surface area (Å²) in [5, 5.41) is 11.7. The Morgan fingerprint density at radius 3 is 2.69 bits per heavy atom. The summed E-state index contributed by atoms with van der Waals surface area (Å²) >= 11 is 7.73. The molecule has 0 radical (unpaired) electrons. The Labute approximate surface area is 181 Å². The molecular weight excluding hydrogens is 432 g/mol. The van der Waals surface area contributed by atoms with Crippen LogP contribution in [0.15, 0.2) is 23.1 Å². The lowest BCUT2D eigenvalue weighted by Crippen LogP contribution is -2.36. The molecule has 1 saturated heterocycles. The molecule has 152 valence electrons. The molecule has 0 saturated carbocycles. The molecule has 1 aliphatic rings. The normalized spacial score (nSPS) is 15.1. The first-order chi connectivity index (χ1) is 13.9. The van der Waals surface area contributed by atoms with Gasteiger partial charge in [-0.3, -0.25) is 19.8 Å². The van der Waals surface area contributed by atoms with Crippen LogP contribution in [0, 0.1) is 0 Å². The van der Waals surface area contributed by atoms with Crippen LogP contribution in [0.2, 0.25) is 0 Å². The summed E-state index contributed by atoms with van der Waals surface area (Å²) in [4.78, 5) is 26.7. The number of hydrogen-bond acceptors (Lipinski definition) is 9. The topological polar surface area (TPSA) is 93.7 Å². The van der Waals surface area contributed by atoms with Crippen LogP contribution in [0.25, 0.3) is 6.08 Å². The Bertz CT molecular complexity index is 989. The van der Waals surface area contributed by atoms with Crippen LogP contribution < -0.4 is 14.8 Å². The quantitative estimate of drug-likeness (QED) is 0.508. The van der Waals surface area contributed by atoms with E-state index in [0.29, 0.717) is 25.9 Å². The highest BCUT2D eigenvalue weighted by Crippen LogP contribution is 2.34. The summed E-state index contributed by atoms with van der Waals surface area (Å²) in [6, 6.07) is 5.33. The summed E-state index contributed by atoms with van der Waals surface area (Å²) in [6.45, 7) is 1.77. The average molecular weight is 451 g/mol. The highest BCUT2D eigenvalue weighted by molar-refractivity contribution is 8.26. The maximum Gasteiger partial charge on any atom is 0.266 e. The van der Waals surface area contributed by atoms with Crippen molar-refractivity contribution in [2.24, 2.45) is 0 Å². The van der Waals surface area contributed by atoms with Crippen molar-refractivity contribution in [2.75, 3.05) is 26.1 Å². The Morgan fingerprint density at radius 2 is 2.03 bits per heavy atom. The lowest BCUT2D eigenvalue weighted by atomic mass is 10.2. The van der Waals surface area contributed by atoms with Gasteiger partial charge in [0.25, 0.3) is 5.91 Å². The molecule has 0 spiro atoms. The average Bonchev–Trinajstić information content (AvgIpc) is 3.27. The van der Waals surface area contributed by atoms with E-state index in [-0.39, 0.29) is 18.4 Å². The van der Waals surface area contributed by atoms with Gasteiger partial charge in [-0.05, 0) is 30.2 Å². The number of hydrogen-bond donors (Lipinski definition) is 1. The molecule has 0 bridgehead atoms. The fourth-order valence-electron chi connectivity index (χ4n) is 2.48. The van der Waals surface area contributed by atoms with E-state index >= 15 is 0 Å². The Hall–Kier alpha value is -2.50. The van der Waals surface area contributed by atoms with E-state index in [1.54, 1.807) is 38.5 Å². The van der Waals surface area contributed by atoms with Crippen LogP contribution in [-0.2, 0) is 16.0 Å². The van der Waals surface area contributed by atoms with Gasteiger partial charge in [-0.15, -0.1) is 10.2 Å². The van der Waals surface area contributed by atoms with Gasteiger partial charge in [0.05, 0.1) is 19.1 Å². The zero-order valence-electron chi connectivity index (χ0n) is 15.9. The number of methoxy groups -OCH3 is 2. The van der Waals surface area contributed by atoms with Gasteiger partial charge in [0, 0.05) is 0 Å². The summed E-state index contributed by atoms with van der Waals surface area (Å²) in [5.41, 5.74) is 0.758. The van der Waals surface area contributed by atoms with E-state index in [0.717, 1.165) is 28.8 Å². The maximum absolute atomic E-state index is 12.7. The maximum atomic E-state index is 12.7. The second-order valence-corrected chi connectivity index (χ2v) is 8.52. The lowest BCUT2D eigenvalue weighted by Gasteiger charge is -2.13. The van der Waals surface area contributed by atoms with Gasteiger partial charge in [0.1, 0.15) is 15.9 Å². The van der Waals surface area contributed by atoms with Crippen molar-refractivity contribution in [1.29, 1.82) is 0 Å². The second-order valence-electron chi connectivity index (χ2n) is 5.78. The molecule has 1 aromatic carbocycles. The van der Waals surface area contributed by atoms with E-state index in [9.17, 15) is 9.59 Å². The van der Waals surface area contributed by atoms with Crippen LogP contribution >= 0.6 is 35.3 Å². The lowest BCUT2D eigenvalue weighted by molar-refractivity contribution is -0.126. The van der Waals surface area contributed by atoms with Crippen molar-refractivity contribution in [3.05, 3.63) is 33.7 Å². The van der Waals surface area contributed by atoms with Gasteiger partial charge < -0.3 is 9.47 Å². The number of thioether (sulfide) groups is 1. The van der Waals surface area contributed by atoms with Crippen LogP contribution in [-0.4, -0.2) is 52.0 Å². The Balaban J connectivity index is 1.70. The molecule has 8 nitrogen and oxygen atoms in total. The first-order valence-corrected chi connectivity index (χ1v) is 10.6. The van der Waals surface area contributed by atoms with E-state index in [2.05, 4.69) is 15.5 Å². The highest BCUT2D eigenvalue weighted by atomic mass is 32.2. The molecule has 1 N–H and O–H groups in total. The van der Waals surface area contributed by atoms with Crippen LogP contribution in [0.3, 0.4) is 0 Å². The number of carbonyl (C=O) groups is 2. The number of nitrogens with zero attached hydrogens (tertiary/aromatic N) is 3. The minimum Gasteiger partial charge on any atom is -0.493 e. The summed E-state index contributed by atoms with van der Waals surface area (Å²) in [6.07, 6.45) is 2.45. The molecule has 2 aromatic rings. The monoisotopic (exact) mass is 450 g/mol. The number of ether oxygens (including phenoxy) is 2. The molecule has 1 aromatic heterocycles. The number of aromatic nitrogens is 2. The van der Waals surface area contributed by atoms with Crippen molar-refractivity contribution in [3.8, 4) is 11.5 Å². The zero-order valence-corrected chi connectivity index (χ0v) is 18.4. The van der Waals surface area contributed by atoms with E-state index in [1.165, 1.54) is 16.2 Å². The van der Waals surface area contributed by atoms with Crippen molar-refractivity contribution in [3.63, 3.8) is 0 Å². The number of carbonyl (C=O) groups excluding carboxylic acids is 2. The third-order valence-corrected chi connectivity index (χ3v) is 6.26. The van der Waals surface area contributed by atoms with Gasteiger partial charge in [-0.25, -0.2) is 0 Å². The van der Waals surface area contributed by atoms with Crippen LogP contribution in [0.5, 0.6) is 11.5 Å². The number of thiocarbonyl (C=S) groups is 1. The molecule has 0 aliphatic carbocycles. The molecular formula is C18H18N4O4S3. The zero-order chi connectivity index (χ0) is 21.0. The third kappa shape index (κ3) is 4.92. The van der Waals surface area contributed by atoms with E-state index in [4.69, 9.17) is 21.7 Å². The Kier molecular flexibility index (Phi) is 6.83. The van der Waals surface area contributed by atoms with E-state index < -0.39 is 0 Å². The van der Waals surface area contributed by atoms with Gasteiger partial charge in [0.15, 0.2) is 11.5 Å². The van der Waals surface area contributed by atoms with Crippen molar-refractivity contribution >= 4 is 62.7 Å². The predicted molar refractivity (Wildman–Crippen MR) is 117 cm³/mol. The summed E-state index contributed by atoms with van der Waals surface area (Å²) in [5.74, 6) is 0.445. The SMILES string of the molecule is CCc1nnc(NC(=O)CN2C(=O)C(=Cc3ccc(OC)c(OC)c3)SC2=S)s1. The van der Waals surface area contributed by atoms with Gasteiger partial charge in [0.2, 0.25) is 11.0 Å². The van der Waals surface area contributed by atoms with E-state index in [1.807, 2.05) is 6.92 Å². The van der Waals surface area contributed by atoms with Crippen LogP contribution in [0.4, 0.5) is 5.13 Å². The van der Waals surface area contributed by atoms with Crippen molar-refractivity contribution in [1.82, 2.24) is 15.1 Å². The second kappa shape index (κ2) is 9.33. The fraction of sp³-hybridized carbons (Fsp3) is 0.278. The van der Waals surface area contributed by atoms with Gasteiger partial charge >= 0.3 is 0 Å². The van der Waals surface area contributed by atoms with Crippen LogP contribution in [0.1, 0.15) is 17.5 Å². The summed E-state index contributed by atoms with van der Waals surface area (Å²) < 4.78 is 10.8. The number of benzene rings is 1. The molecule has 1 fully saturated rings. The number of anilines is 1. The minimum absolute atomic E-state index is 0.186. The molecule has 0 unspecified atom stereocenters. The van der Waals surface area contributed by atoms with Gasteiger partial charge in [-0.2, -0.15) is 0 Å². The standard InChI is InChI=1S/C18H18N4O4S3/c1-4-15-20-21-17(29-15)19-14(23)9-22-16(24)13(28-18(22)27)8-10-5-6-11(25-2)12(7-10)26-3/h5-8H,4,9H2,1-3H3,(H,19,21,23). The molecule has 11 heteroatoms. The predicted octanol–water partition coefficient (Wildman–Crippen LogP) is 2.96. The fourth-order valence-corrected chi connectivity index (χ4v) is 4.43. The first kappa shape index (κ1) is 21.2. The molecule has 2 heterocycles. The third-order valence-electron chi connectivity index (χ3n) is 3.90. The molecule has 0 atom stereocenters. The molecule has 29 heavy (non-hydrogen) atoms. The van der Waals surface area contributed by atoms with Crippen molar-refractivity contribution in [2.45, 2.75) is 13.3 Å². The first-order valence-electron chi connectivity index (χ1n) is 8.54. The number of nitrogens with one attached hydrogen (secondary N) is 1. The minimum atomic E-state index is -0.382. The smallest absolute Gasteiger partial charge is 0.266 e. The highest BCUT2D eigenvalue weighted by Gasteiger charge is 2.33. The number of rotatable bonds is 7.